The van der Waals surface area contributed by atoms with Crippen molar-refractivity contribution in [3.8, 4) is 17.5 Å². The molecular weight excluding hydrogens is 288 g/mol. The predicted molar refractivity (Wildman–Crippen MR) is 79.0 cm³/mol. The van der Waals surface area contributed by atoms with Gasteiger partial charge >= 0.3 is 0 Å². The smallest absolute Gasteiger partial charge is 0.261 e. The van der Waals surface area contributed by atoms with Gasteiger partial charge < -0.3 is 4.52 Å². The Kier molecular flexibility index (Phi) is 3.11. The van der Waals surface area contributed by atoms with Gasteiger partial charge in [-0.3, -0.25) is 0 Å². The number of rotatable bonds is 1. The molecule has 6 heteroatoms. The Morgan fingerprint density at radius 2 is 1.95 bits per heavy atom. The molecule has 0 bridgehead atoms. The van der Waals surface area contributed by atoms with E-state index >= 15 is 0 Å². The van der Waals surface area contributed by atoms with Crippen LogP contribution in [0, 0.1) is 32.1 Å². The van der Waals surface area contributed by atoms with Crippen molar-refractivity contribution in [2.75, 3.05) is 0 Å². The van der Waals surface area contributed by atoms with Crippen molar-refractivity contribution in [1.82, 2.24) is 15.1 Å². The van der Waals surface area contributed by atoms with Crippen LogP contribution in [0.3, 0.4) is 0 Å². The monoisotopic (exact) mass is 298 g/mol. The second-order valence-corrected chi connectivity index (χ2v) is 5.23. The highest BCUT2D eigenvalue weighted by Crippen LogP contribution is 2.34. The number of nitriles is 1. The molecule has 0 aliphatic carbocycles. The summed E-state index contributed by atoms with van der Waals surface area (Å²) in [6, 6.07) is 5.92. The Hall–Kier alpha value is -2.45. The van der Waals surface area contributed by atoms with Crippen LogP contribution in [0.4, 0.5) is 0 Å². The number of pyridine rings is 1. The molecule has 1 aromatic carbocycles. The molecule has 0 saturated heterocycles. The van der Waals surface area contributed by atoms with E-state index in [-0.39, 0.29) is 5.15 Å². The van der Waals surface area contributed by atoms with Gasteiger partial charge in [0.2, 0.25) is 0 Å². The molecule has 5 nitrogen and oxygen atoms in total. The van der Waals surface area contributed by atoms with E-state index in [4.69, 9.17) is 16.1 Å². The molecule has 0 radical (unpaired) electrons. The summed E-state index contributed by atoms with van der Waals surface area (Å²) in [6.45, 7) is 5.58. The average molecular weight is 299 g/mol. The van der Waals surface area contributed by atoms with Crippen LogP contribution in [0.5, 0.6) is 0 Å². The van der Waals surface area contributed by atoms with Gasteiger partial charge in [-0.2, -0.15) is 10.2 Å². The Bertz CT molecular complexity index is 908. The van der Waals surface area contributed by atoms with Crippen LogP contribution in [0.25, 0.3) is 22.4 Å². The zero-order chi connectivity index (χ0) is 15.1. The Morgan fingerprint density at radius 3 is 2.57 bits per heavy atom. The predicted octanol–water partition coefficient (Wildman–Crippen LogP) is 3.74. The summed E-state index contributed by atoms with van der Waals surface area (Å²) in [4.78, 5) is 8.56. The zero-order valence-corrected chi connectivity index (χ0v) is 12.5. The largest absolute Gasteiger partial charge is 0.334 e. The molecule has 3 aromatic rings. The number of aryl methyl sites for hydroxylation is 3. The summed E-state index contributed by atoms with van der Waals surface area (Å²) >= 11 is 6.27. The van der Waals surface area contributed by atoms with E-state index in [0.29, 0.717) is 28.4 Å². The number of nitrogens with zero attached hydrogens (tertiary/aromatic N) is 4. The topological polar surface area (TPSA) is 75.6 Å². The molecule has 2 aromatic heterocycles. The van der Waals surface area contributed by atoms with Crippen LogP contribution < -0.4 is 0 Å². The molecule has 0 aliphatic rings. The van der Waals surface area contributed by atoms with E-state index in [9.17, 15) is 5.26 Å². The minimum absolute atomic E-state index is 0.254. The lowest BCUT2D eigenvalue weighted by Gasteiger charge is -2.10. The van der Waals surface area contributed by atoms with Crippen LogP contribution in [0.15, 0.2) is 16.7 Å². The summed E-state index contributed by atoms with van der Waals surface area (Å²) < 4.78 is 5.20. The number of halogens is 1. The fourth-order valence-corrected chi connectivity index (χ4v) is 2.67. The lowest BCUT2D eigenvalue weighted by molar-refractivity contribution is 0.425. The van der Waals surface area contributed by atoms with Crippen LogP contribution in [0.2, 0.25) is 5.15 Å². The van der Waals surface area contributed by atoms with E-state index in [1.807, 2.05) is 19.9 Å². The molecule has 0 N–H and O–H groups in total. The first-order valence-electron chi connectivity index (χ1n) is 6.32. The summed E-state index contributed by atoms with van der Waals surface area (Å²) in [5.41, 5.74) is 3.56. The fraction of sp³-hybridized carbons (Fsp3) is 0.200. The number of fused-ring (bicyclic) bond motifs is 1. The van der Waals surface area contributed by atoms with Gasteiger partial charge in [-0.25, -0.2) is 4.98 Å². The minimum atomic E-state index is 0.254. The maximum Gasteiger partial charge on any atom is 0.261 e. The third-order valence-corrected chi connectivity index (χ3v) is 3.58. The highest BCUT2D eigenvalue weighted by Gasteiger charge is 2.19. The summed E-state index contributed by atoms with van der Waals surface area (Å²) in [5.74, 6) is 0.868. The van der Waals surface area contributed by atoms with Gasteiger partial charge in [-0.1, -0.05) is 16.8 Å². The molecule has 0 fully saturated rings. The number of aromatic nitrogens is 3. The van der Waals surface area contributed by atoms with Gasteiger partial charge in [0.05, 0.1) is 16.6 Å². The van der Waals surface area contributed by atoms with Crippen LogP contribution in [0.1, 0.15) is 22.5 Å². The van der Waals surface area contributed by atoms with Crippen molar-refractivity contribution in [2.24, 2.45) is 0 Å². The number of benzene rings is 1. The first-order chi connectivity index (χ1) is 10.0. The molecule has 2 heterocycles. The van der Waals surface area contributed by atoms with E-state index in [0.717, 1.165) is 16.5 Å². The standard InChI is InChI=1S/C15H11ClN4O/c1-7-4-10(6-17)13-11(5-7)8(2)12(14(16)19-13)15-18-9(3)20-21-15/h4-5H,1-3H3. The summed E-state index contributed by atoms with van der Waals surface area (Å²) in [6.07, 6.45) is 0. The summed E-state index contributed by atoms with van der Waals surface area (Å²) in [7, 11) is 0. The lowest BCUT2D eigenvalue weighted by Crippen LogP contribution is -1.95. The summed E-state index contributed by atoms with van der Waals surface area (Å²) in [5, 5.41) is 14.2. The first-order valence-corrected chi connectivity index (χ1v) is 6.70. The van der Waals surface area contributed by atoms with Crippen LogP contribution in [-0.2, 0) is 0 Å². The van der Waals surface area contributed by atoms with Gasteiger partial charge in [-0.05, 0) is 44.0 Å². The second-order valence-electron chi connectivity index (χ2n) is 4.87. The number of hydrogen-bond acceptors (Lipinski definition) is 5. The van der Waals surface area contributed by atoms with Crippen molar-refractivity contribution in [1.29, 1.82) is 5.26 Å². The van der Waals surface area contributed by atoms with Crippen molar-refractivity contribution in [2.45, 2.75) is 20.8 Å². The zero-order valence-electron chi connectivity index (χ0n) is 11.7. The van der Waals surface area contributed by atoms with Gasteiger partial charge in [0.1, 0.15) is 11.2 Å². The molecule has 0 saturated carbocycles. The third kappa shape index (κ3) is 2.14. The van der Waals surface area contributed by atoms with Crippen molar-refractivity contribution >= 4 is 22.5 Å². The van der Waals surface area contributed by atoms with Gasteiger partial charge in [0.25, 0.3) is 5.89 Å². The molecule has 104 valence electrons. The maximum absolute atomic E-state index is 9.26. The van der Waals surface area contributed by atoms with Crippen molar-refractivity contribution in [3.05, 3.63) is 39.8 Å². The Labute approximate surface area is 126 Å². The number of hydrogen-bond donors (Lipinski definition) is 0. The van der Waals surface area contributed by atoms with Crippen molar-refractivity contribution < 1.29 is 4.52 Å². The quantitative estimate of drug-likeness (QED) is 0.640. The Morgan fingerprint density at radius 1 is 1.19 bits per heavy atom. The molecule has 0 atom stereocenters. The van der Waals surface area contributed by atoms with E-state index in [2.05, 4.69) is 21.2 Å². The second kappa shape index (κ2) is 4.83. The van der Waals surface area contributed by atoms with E-state index < -0.39 is 0 Å². The molecule has 21 heavy (non-hydrogen) atoms. The molecule has 3 rings (SSSR count). The highest BCUT2D eigenvalue weighted by molar-refractivity contribution is 6.32. The minimum Gasteiger partial charge on any atom is -0.334 e. The first kappa shape index (κ1) is 13.5. The molecule has 0 spiro atoms. The molecule has 0 aliphatic heterocycles. The fourth-order valence-electron chi connectivity index (χ4n) is 2.36. The normalized spacial score (nSPS) is 10.8. The Balaban J connectivity index is 2.42. The SMILES string of the molecule is Cc1cc(C#N)c2nc(Cl)c(-c3nc(C)no3)c(C)c2c1. The third-order valence-electron chi connectivity index (χ3n) is 3.31. The average Bonchev–Trinajstić information content (AvgIpc) is 2.85. The van der Waals surface area contributed by atoms with Crippen LogP contribution >= 0.6 is 11.6 Å². The van der Waals surface area contributed by atoms with E-state index in [1.54, 1.807) is 13.0 Å². The van der Waals surface area contributed by atoms with E-state index in [1.165, 1.54) is 0 Å². The lowest BCUT2D eigenvalue weighted by atomic mass is 10.00. The van der Waals surface area contributed by atoms with Gasteiger partial charge in [-0.15, -0.1) is 0 Å². The van der Waals surface area contributed by atoms with Gasteiger partial charge in [0, 0.05) is 5.39 Å². The van der Waals surface area contributed by atoms with Crippen molar-refractivity contribution in [3.63, 3.8) is 0 Å². The maximum atomic E-state index is 9.26. The molecular formula is C15H11ClN4O. The molecule has 0 unspecified atom stereocenters. The van der Waals surface area contributed by atoms with Crippen LogP contribution in [-0.4, -0.2) is 15.1 Å². The molecule has 0 amide bonds. The van der Waals surface area contributed by atoms with Gasteiger partial charge in [0.15, 0.2) is 5.82 Å². The highest BCUT2D eigenvalue weighted by atomic mass is 35.5.